The molecule has 2 N–H and O–H groups in total. The molecule has 1 aliphatic carbocycles. The van der Waals surface area contributed by atoms with Crippen LogP contribution in [0, 0.1) is 17.6 Å². The van der Waals surface area contributed by atoms with Crippen LogP contribution in [0.1, 0.15) is 98.1 Å². The molecule has 230 valence electrons. The molecule has 0 bridgehead atoms. The lowest BCUT2D eigenvalue weighted by Crippen LogP contribution is -2.22. The summed E-state index contributed by atoms with van der Waals surface area (Å²) in [5, 5.41) is 0. The quantitative estimate of drug-likeness (QED) is 0.159. The summed E-state index contributed by atoms with van der Waals surface area (Å²) in [6.45, 7) is 4.82. The molecule has 3 aromatic rings. The lowest BCUT2D eigenvalue weighted by Gasteiger charge is -2.19. The van der Waals surface area contributed by atoms with Crippen LogP contribution in [0.5, 0.6) is 0 Å². The number of fused-ring (bicyclic) bond motifs is 1. The Hall–Kier alpha value is -3.05. The number of anilines is 1. The van der Waals surface area contributed by atoms with E-state index in [0.29, 0.717) is 36.3 Å². The molecule has 1 atom stereocenters. The molecule has 0 spiro atoms. The predicted molar refractivity (Wildman–Crippen MR) is 174 cm³/mol. The van der Waals surface area contributed by atoms with Gasteiger partial charge in [-0.15, -0.1) is 0 Å². The molecule has 1 aliphatic heterocycles. The summed E-state index contributed by atoms with van der Waals surface area (Å²) in [4.78, 5) is 2.37. The van der Waals surface area contributed by atoms with E-state index >= 15 is 8.78 Å². The van der Waals surface area contributed by atoms with E-state index in [4.69, 9.17) is 5.73 Å². The SMILES string of the molecule is CCCCCCCc1ccc(C2=C(c3ccc(CC4CCN(CCCF)C4)cc3)c3ccc(N)cc3CCC2)c(F)c1F. The molecule has 1 fully saturated rings. The van der Waals surface area contributed by atoms with Crippen LogP contribution in [0.25, 0.3) is 11.1 Å². The van der Waals surface area contributed by atoms with Gasteiger partial charge < -0.3 is 10.6 Å². The Kier molecular flexibility index (Phi) is 11.0. The predicted octanol–water partition coefficient (Wildman–Crippen LogP) is 9.58. The fourth-order valence-corrected chi connectivity index (χ4v) is 7.05. The zero-order valence-electron chi connectivity index (χ0n) is 25.7. The van der Waals surface area contributed by atoms with Gasteiger partial charge in [-0.25, -0.2) is 8.78 Å². The number of aryl methyl sites for hydroxylation is 2. The first kappa shape index (κ1) is 31.4. The first-order valence-corrected chi connectivity index (χ1v) is 16.4. The average molecular weight is 589 g/mol. The number of halogens is 3. The van der Waals surface area contributed by atoms with Crippen molar-refractivity contribution in [3.63, 3.8) is 0 Å². The van der Waals surface area contributed by atoms with Crippen molar-refractivity contribution >= 4 is 16.8 Å². The van der Waals surface area contributed by atoms with Gasteiger partial charge >= 0.3 is 0 Å². The first-order valence-electron chi connectivity index (χ1n) is 16.4. The van der Waals surface area contributed by atoms with E-state index in [2.05, 4.69) is 36.1 Å². The number of likely N-dealkylation sites (tertiary alicyclic amines) is 1. The van der Waals surface area contributed by atoms with Gasteiger partial charge in [-0.1, -0.05) is 75.1 Å². The minimum Gasteiger partial charge on any atom is -0.399 e. The van der Waals surface area contributed by atoms with E-state index in [0.717, 1.165) is 105 Å². The van der Waals surface area contributed by atoms with Crippen molar-refractivity contribution in [3.8, 4) is 0 Å². The second-order valence-electron chi connectivity index (χ2n) is 12.6. The molecule has 2 nitrogen and oxygen atoms in total. The van der Waals surface area contributed by atoms with Crippen LogP contribution in [-0.4, -0.2) is 31.2 Å². The van der Waals surface area contributed by atoms with Crippen molar-refractivity contribution in [2.24, 2.45) is 5.92 Å². The van der Waals surface area contributed by atoms with Gasteiger partial charge in [0.05, 0.1) is 6.67 Å². The van der Waals surface area contributed by atoms with E-state index in [1.54, 1.807) is 12.1 Å². The molecule has 0 radical (unpaired) electrons. The average Bonchev–Trinajstić information content (AvgIpc) is 3.37. The second-order valence-corrected chi connectivity index (χ2v) is 12.6. The van der Waals surface area contributed by atoms with Crippen LogP contribution in [0.4, 0.5) is 18.9 Å². The lowest BCUT2D eigenvalue weighted by atomic mass is 9.86. The molecule has 0 saturated carbocycles. The van der Waals surface area contributed by atoms with Crippen LogP contribution < -0.4 is 5.73 Å². The zero-order valence-corrected chi connectivity index (χ0v) is 25.7. The monoisotopic (exact) mass is 588 g/mol. The van der Waals surface area contributed by atoms with E-state index in [9.17, 15) is 4.39 Å². The summed E-state index contributed by atoms with van der Waals surface area (Å²) in [5.41, 5.74) is 14.1. The molecule has 0 aromatic heterocycles. The van der Waals surface area contributed by atoms with Gasteiger partial charge in [0.25, 0.3) is 0 Å². The Labute approximate surface area is 256 Å². The maximum Gasteiger partial charge on any atom is 0.166 e. The summed E-state index contributed by atoms with van der Waals surface area (Å²) < 4.78 is 44.0. The molecular formula is C38H47F3N2. The number of unbranched alkanes of at least 4 members (excludes halogenated alkanes) is 4. The number of nitrogens with two attached hydrogens (primary N) is 1. The fraction of sp³-hybridized carbons (Fsp3) is 0.474. The summed E-state index contributed by atoms with van der Waals surface area (Å²) in [6, 6.07) is 18.2. The van der Waals surface area contributed by atoms with Gasteiger partial charge in [-0.2, -0.15) is 0 Å². The Morgan fingerprint density at radius 3 is 2.44 bits per heavy atom. The lowest BCUT2D eigenvalue weighted by molar-refractivity contribution is 0.301. The molecule has 5 heteroatoms. The van der Waals surface area contributed by atoms with Crippen molar-refractivity contribution in [1.29, 1.82) is 0 Å². The number of nitrogens with zero attached hydrogens (tertiary/aromatic N) is 1. The second kappa shape index (κ2) is 15.1. The highest BCUT2D eigenvalue weighted by atomic mass is 19.2. The first-order chi connectivity index (χ1) is 21.0. The third-order valence-corrected chi connectivity index (χ3v) is 9.36. The number of hydrogen-bond acceptors (Lipinski definition) is 2. The maximum atomic E-state index is 15.9. The van der Waals surface area contributed by atoms with Crippen molar-refractivity contribution in [3.05, 3.63) is 99.6 Å². The molecule has 1 unspecified atom stereocenters. The Morgan fingerprint density at radius 2 is 1.65 bits per heavy atom. The van der Waals surface area contributed by atoms with Crippen LogP contribution in [0.3, 0.4) is 0 Å². The number of alkyl halides is 1. The van der Waals surface area contributed by atoms with Crippen LogP contribution >= 0.6 is 0 Å². The van der Waals surface area contributed by atoms with Gasteiger partial charge in [0.2, 0.25) is 0 Å². The van der Waals surface area contributed by atoms with Crippen molar-refractivity contribution in [1.82, 2.24) is 4.90 Å². The normalized spacial score (nSPS) is 17.3. The molecular weight excluding hydrogens is 541 g/mol. The van der Waals surface area contributed by atoms with E-state index in [1.165, 1.54) is 12.0 Å². The minimum absolute atomic E-state index is 0.254. The molecule has 1 heterocycles. The van der Waals surface area contributed by atoms with Crippen molar-refractivity contribution in [2.75, 3.05) is 32.0 Å². The van der Waals surface area contributed by atoms with E-state index in [1.807, 2.05) is 18.2 Å². The van der Waals surface area contributed by atoms with Gasteiger partial charge in [0.1, 0.15) is 0 Å². The molecule has 3 aromatic carbocycles. The van der Waals surface area contributed by atoms with Gasteiger partial charge in [0, 0.05) is 24.3 Å². The van der Waals surface area contributed by atoms with E-state index < -0.39 is 11.6 Å². The Balaban J connectivity index is 1.45. The van der Waals surface area contributed by atoms with Gasteiger partial charge in [-0.3, -0.25) is 4.39 Å². The summed E-state index contributed by atoms with van der Waals surface area (Å²) in [7, 11) is 0. The fourth-order valence-electron chi connectivity index (χ4n) is 7.05. The molecule has 0 amide bonds. The molecule has 2 aliphatic rings. The van der Waals surface area contributed by atoms with Gasteiger partial charge in [0.15, 0.2) is 11.6 Å². The van der Waals surface area contributed by atoms with Crippen LogP contribution in [0.2, 0.25) is 0 Å². The molecule has 5 rings (SSSR count). The number of allylic oxidation sites excluding steroid dienone is 1. The number of benzene rings is 3. The maximum absolute atomic E-state index is 15.9. The number of nitrogen functional groups attached to an aromatic ring is 1. The summed E-state index contributed by atoms with van der Waals surface area (Å²) in [6.07, 6.45) is 11.0. The number of hydrogen-bond donors (Lipinski definition) is 1. The smallest absolute Gasteiger partial charge is 0.166 e. The third kappa shape index (κ3) is 7.73. The zero-order chi connectivity index (χ0) is 30.2. The minimum atomic E-state index is -0.729. The van der Waals surface area contributed by atoms with Crippen molar-refractivity contribution < 1.29 is 13.2 Å². The Morgan fingerprint density at radius 1 is 0.860 bits per heavy atom. The standard InChI is InChI=1S/C38H47F3N2/c1-2-3-4-5-6-9-30-16-18-35(38(41)37(30)40)34-11-7-10-31-25-32(42)17-19-33(31)36(34)29-14-12-27(13-15-29)24-28-20-23-43(26-28)22-8-21-39/h12-19,25,28H,2-11,20-24,26,42H2,1H3. The Bertz CT molecular complexity index is 1400. The summed E-state index contributed by atoms with van der Waals surface area (Å²) in [5.74, 6) is -0.856. The number of rotatable bonds is 13. The highest BCUT2D eigenvalue weighted by Gasteiger charge is 2.25. The van der Waals surface area contributed by atoms with E-state index in [-0.39, 0.29) is 6.67 Å². The van der Waals surface area contributed by atoms with Crippen molar-refractivity contribution in [2.45, 2.75) is 84.0 Å². The van der Waals surface area contributed by atoms with Crippen LogP contribution in [0.15, 0.2) is 54.6 Å². The van der Waals surface area contributed by atoms with Crippen LogP contribution in [-0.2, 0) is 19.3 Å². The topological polar surface area (TPSA) is 29.3 Å². The highest BCUT2D eigenvalue weighted by molar-refractivity contribution is 6.00. The summed E-state index contributed by atoms with van der Waals surface area (Å²) >= 11 is 0. The largest absolute Gasteiger partial charge is 0.399 e. The van der Waals surface area contributed by atoms with Gasteiger partial charge in [-0.05, 0) is 115 Å². The third-order valence-electron chi connectivity index (χ3n) is 9.36. The highest BCUT2D eigenvalue weighted by Crippen LogP contribution is 2.42. The molecule has 43 heavy (non-hydrogen) atoms. The molecule has 1 saturated heterocycles.